The number of hydrogen-bond donors (Lipinski definition) is 1. The van der Waals surface area contributed by atoms with Crippen LogP contribution in [0.4, 0.5) is 0 Å². The van der Waals surface area contributed by atoms with E-state index in [0.29, 0.717) is 12.1 Å². The summed E-state index contributed by atoms with van der Waals surface area (Å²) in [6.45, 7) is 7.50. The van der Waals surface area contributed by atoms with Crippen LogP contribution in [0.25, 0.3) is 11.1 Å². The summed E-state index contributed by atoms with van der Waals surface area (Å²) >= 11 is 2.82. The number of aldehydes is 1. The molecule has 5 nitrogen and oxygen atoms in total. The Hall–Kier alpha value is -3.36. The first-order valence-electron chi connectivity index (χ1n) is 12.6. The fourth-order valence-corrected chi connectivity index (χ4v) is 6.11. The summed E-state index contributed by atoms with van der Waals surface area (Å²) in [6, 6.07) is 28.5. The quantitative estimate of drug-likeness (QED) is 0.108. The van der Waals surface area contributed by atoms with Gasteiger partial charge in [-0.15, -0.1) is 0 Å². The molecule has 200 valence electrons. The lowest BCUT2D eigenvalue weighted by atomic mass is 10.0. The summed E-state index contributed by atoms with van der Waals surface area (Å²) in [4.78, 5) is 24.2. The fourth-order valence-electron chi connectivity index (χ4n) is 4.41. The second-order valence-electron chi connectivity index (χ2n) is 9.44. The minimum absolute atomic E-state index is 0.348. The van der Waals surface area contributed by atoms with E-state index in [0.717, 1.165) is 46.5 Å². The summed E-state index contributed by atoms with van der Waals surface area (Å²) in [5.74, 6) is -0.995. The summed E-state index contributed by atoms with van der Waals surface area (Å²) in [6.07, 6.45) is 0.889. The molecule has 0 saturated carbocycles. The number of aryl methyl sites for hydroxylation is 3. The van der Waals surface area contributed by atoms with Gasteiger partial charge in [0, 0.05) is 40.5 Å². The normalized spacial score (nSPS) is 11.1. The van der Waals surface area contributed by atoms with E-state index in [9.17, 15) is 9.59 Å². The van der Waals surface area contributed by atoms with Crippen LogP contribution in [0.3, 0.4) is 0 Å². The molecule has 0 atom stereocenters. The zero-order valence-corrected chi connectivity index (χ0v) is 23.9. The number of aliphatic carboxylic acids is 1. The highest BCUT2D eigenvalue weighted by atomic mass is 32.2. The summed E-state index contributed by atoms with van der Waals surface area (Å²) in [5, 5.41) is 8.78. The Morgan fingerprint density at radius 1 is 0.846 bits per heavy atom. The SMILES string of the molecule is Cc1cc(C)c(SN(Cc2ccc(-c3cccc(SOCC(=O)O)c3)cc2)Cc2cccc(C=O)c2)c(C)c1. The summed E-state index contributed by atoms with van der Waals surface area (Å²) in [7, 11) is 0. The predicted molar refractivity (Wildman–Crippen MR) is 159 cm³/mol. The molecule has 7 heteroatoms. The maximum absolute atomic E-state index is 11.3. The molecule has 4 aromatic rings. The van der Waals surface area contributed by atoms with Gasteiger partial charge in [-0.05, 0) is 84.3 Å². The van der Waals surface area contributed by atoms with E-state index >= 15 is 0 Å². The fraction of sp³-hybridized carbons (Fsp3) is 0.188. The Balaban J connectivity index is 1.53. The average Bonchev–Trinajstić information content (AvgIpc) is 2.91. The van der Waals surface area contributed by atoms with Crippen LogP contribution in [0.15, 0.2) is 94.7 Å². The van der Waals surface area contributed by atoms with E-state index in [1.165, 1.54) is 27.1 Å². The van der Waals surface area contributed by atoms with Crippen molar-refractivity contribution in [2.45, 2.75) is 43.7 Å². The Morgan fingerprint density at radius 3 is 2.23 bits per heavy atom. The van der Waals surface area contributed by atoms with E-state index in [1.54, 1.807) is 11.9 Å². The van der Waals surface area contributed by atoms with Gasteiger partial charge in [0.15, 0.2) is 6.61 Å². The molecule has 1 N–H and O–H groups in total. The van der Waals surface area contributed by atoms with Crippen molar-refractivity contribution in [2.24, 2.45) is 0 Å². The molecule has 0 heterocycles. The first-order valence-corrected chi connectivity index (χ1v) is 14.1. The monoisotopic (exact) mass is 557 g/mol. The first-order chi connectivity index (χ1) is 18.8. The Kier molecular flexibility index (Phi) is 10.0. The zero-order valence-electron chi connectivity index (χ0n) is 22.2. The first kappa shape index (κ1) is 28.6. The van der Waals surface area contributed by atoms with Gasteiger partial charge in [0.1, 0.15) is 6.29 Å². The van der Waals surface area contributed by atoms with Crippen LogP contribution < -0.4 is 0 Å². The topological polar surface area (TPSA) is 66.8 Å². The van der Waals surface area contributed by atoms with Gasteiger partial charge in [-0.3, -0.25) is 8.98 Å². The number of carbonyl (C=O) groups is 2. The number of benzene rings is 4. The van der Waals surface area contributed by atoms with E-state index in [1.807, 2.05) is 42.5 Å². The van der Waals surface area contributed by atoms with Gasteiger partial charge in [0.25, 0.3) is 0 Å². The van der Waals surface area contributed by atoms with E-state index in [4.69, 9.17) is 9.29 Å². The third-order valence-corrected chi connectivity index (χ3v) is 8.11. The summed E-state index contributed by atoms with van der Waals surface area (Å²) < 4.78 is 7.49. The third kappa shape index (κ3) is 8.31. The lowest BCUT2D eigenvalue weighted by Gasteiger charge is -2.24. The maximum atomic E-state index is 11.3. The van der Waals surface area contributed by atoms with Gasteiger partial charge in [-0.2, -0.15) is 0 Å². The van der Waals surface area contributed by atoms with Crippen molar-refractivity contribution in [1.82, 2.24) is 4.31 Å². The minimum atomic E-state index is -0.995. The standard InChI is InChI=1S/C32H31NO4S2/c1-22-14-23(2)32(24(3)15-22)38-33(19-26-6-4-7-27(16-26)20-34)18-25-10-12-28(13-11-25)29-8-5-9-30(17-29)39-37-21-31(35)36/h4-17,20H,18-19,21H2,1-3H3,(H,35,36). The van der Waals surface area contributed by atoms with Crippen molar-refractivity contribution < 1.29 is 18.9 Å². The van der Waals surface area contributed by atoms with Gasteiger partial charge in [-0.25, -0.2) is 9.10 Å². The predicted octanol–water partition coefficient (Wildman–Crippen LogP) is 7.91. The van der Waals surface area contributed by atoms with Gasteiger partial charge < -0.3 is 5.11 Å². The molecule has 4 aromatic carbocycles. The van der Waals surface area contributed by atoms with Crippen LogP contribution in [0, 0.1) is 20.8 Å². The van der Waals surface area contributed by atoms with E-state index in [-0.39, 0.29) is 6.61 Å². The van der Waals surface area contributed by atoms with Crippen LogP contribution >= 0.6 is 24.0 Å². The molecule has 0 radical (unpaired) electrons. The molecule has 0 spiro atoms. The van der Waals surface area contributed by atoms with Crippen LogP contribution in [0.1, 0.15) is 38.2 Å². The van der Waals surface area contributed by atoms with Gasteiger partial charge in [0.05, 0.1) is 0 Å². The molecule has 0 aromatic heterocycles. The second-order valence-corrected chi connectivity index (χ2v) is 11.4. The van der Waals surface area contributed by atoms with Crippen molar-refractivity contribution in [3.8, 4) is 11.1 Å². The molecule has 0 saturated heterocycles. The molecular weight excluding hydrogens is 526 g/mol. The number of rotatable bonds is 12. The molecule has 4 rings (SSSR count). The number of carboxylic acid groups (broad SMARTS) is 1. The van der Waals surface area contributed by atoms with Crippen molar-refractivity contribution in [2.75, 3.05) is 6.61 Å². The van der Waals surface area contributed by atoms with Crippen molar-refractivity contribution in [3.63, 3.8) is 0 Å². The lowest BCUT2D eigenvalue weighted by molar-refractivity contribution is -0.138. The Morgan fingerprint density at radius 2 is 1.54 bits per heavy atom. The van der Waals surface area contributed by atoms with Crippen molar-refractivity contribution in [1.29, 1.82) is 0 Å². The molecular formula is C32H31NO4S2. The molecule has 0 bridgehead atoms. The third-order valence-electron chi connectivity index (χ3n) is 6.09. The van der Waals surface area contributed by atoms with Gasteiger partial charge in [-0.1, -0.05) is 72.3 Å². The molecule has 39 heavy (non-hydrogen) atoms. The highest BCUT2D eigenvalue weighted by Gasteiger charge is 2.14. The zero-order chi connectivity index (χ0) is 27.8. The lowest BCUT2D eigenvalue weighted by Crippen LogP contribution is -2.16. The van der Waals surface area contributed by atoms with Crippen LogP contribution in [-0.2, 0) is 22.1 Å². The molecule has 0 aliphatic heterocycles. The number of nitrogens with zero attached hydrogens (tertiary/aromatic N) is 1. The van der Waals surface area contributed by atoms with Crippen LogP contribution in [-0.4, -0.2) is 28.3 Å². The van der Waals surface area contributed by atoms with Crippen LogP contribution in [0.2, 0.25) is 0 Å². The Labute approximate surface area is 238 Å². The van der Waals surface area contributed by atoms with Crippen molar-refractivity contribution >= 4 is 36.2 Å². The van der Waals surface area contributed by atoms with Gasteiger partial charge in [0.2, 0.25) is 0 Å². The largest absolute Gasteiger partial charge is 0.479 e. The smallest absolute Gasteiger partial charge is 0.331 e. The van der Waals surface area contributed by atoms with Crippen LogP contribution in [0.5, 0.6) is 0 Å². The highest BCUT2D eigenvalue weighted by molar-refractivity contribution is 7.97. The molecule has 0 amide bonds. The summed E-state index contributed by atoms with van der Waals surface area (Å²) in [5.41, 5.74) is 8.82. The Bertz CT molecular complexity index is 1430. The second kappa shape index (κ2) is 13.6. The number of carbonyl (C=O) groups excluding carboxylic acids is 1. The maximum Gasteiger partial charge on any atom is 0.331 e. The minimum Gasteiger partial charge on any atom is -0.479 e. The molecule has 0 aliphatic carbocycles. The average molecular weight is 558 g/mol. The number of hydrogen-bond acceptors (Lipinski definition) is 6. The van der Waals surface area contributed by atoms with Gasteiger partial charge >= 0.3 is 5.97 Å². The van der Waals surface area contributed by atoms with E-state index < -0.39 is 5.97 Å². The molecule has 0 fully saturated rings. The van der Waals surface area contributed by atoms with E-state index in [2.05, 4.69) is 67.5 Å². The molecule has 0 aliphatic rings. The molecule has 0 unspecified atom stereocenters. The number of carboxylic acids is 1. The highest BCUT2D eigenvalue weighted by Crippen LogP contribution is 2.33. The van der Waals surface area contributed by atoms with Crippen molar-refractivity contribution in [3.05, 3.63) is 118 Å².